The van der Waals surface area contributed by atoms with Crippen LogP contribution in [0.15, 0.2) is 30.3 Å². The highest BCUT2D eigenvalue weighted by Gasteiger charge is 2.22. The van der Waals surface area contributed by atoms with Gasteiger partial charge in [-0.15, -0.1) is 11.8 Å². The number of hydrogen-bond donors (Lipinski definition) is 2. The van der Waals surface area contributed by atoms with E-state index in [1.165, 1.54) is 0 Å². The van der Waals surface area contributed by atoms with Gasteiger partial charge in [-0.05, 0) is 19.1 Å². The molecule has 2 unspecified atom stereocenters. The Labute approximate surface area is 111 Å². The van der Waals surface area contributed by atoms with Crippen LogP contribution < -0.4 is 15.4 Å². The second-order valence-corrected chi connectivity index (χ2v) is 5.29. The summed E-state index contributed by atoms with van der Waals surface area (Å²) in [5.41, 5.74) is 0. The number of carbonyl (C=O) groups excluding carboxylic acids is 1. The number of benzene rings is 1. The van der Waals surface area contributed by atoms with Crippen molar-refractivity contribution in [1.82, 2.24) is 10.6 Å². The molecule has 2 N–H and O–H groups in total. The number of thioether (sulfide) groups is 1. The van der Waals surface area contributed by atoms with Crippen molar-refractivity contribution >= 4 is 17.7 Å². The van der Waals surface area contributed by atoms with Gasteiger partial charge in [0.2, 0.25) is 5.91 Å². The zero-order valence-electron chi connectivity index (χ0n) is 10.4. The summed E-state index contributed by atoms with van der Waals surface area (Å²) < 4.78 is 5.69. The van der Waals surface area contributed by atoms with E-state index in [1.54, 1.807) is 11.8 Å². The topological polar surface area (TPSA) is 50.4 Å². The van der Waals surface area contributed by atoms with E-state index in [9.17, 15) is 4.79 Å². The van der Waals surface area contributed by atoms with Crippen LogP contribution in [0.4, 0.5) is 0 Å². The fourth-order valence-electron chi connectivity index (χ4n) is 1.70. The van der Waals surface area contributed by atoms with Crippen molar-refractivity contribution in [2.75, 3.05) is 18.2 Å². The van der Waals surface area contributed by atoms with Crippen LogP contribution in [0.5, 0.6) is 5.75 Å². The van der Waals surface area contributed by atoms with Crippen LogP contribution in [0.3, 0.4) is 0 Å². The van der Waals surface area contributed by atoms with Crippen molar-refractivity contribution in [1.29, 1.82) is 0 Å². The molecule has 0 saturated carbocycles. The molecule has 18 heavy (non-hydrogen) atoms. The molecule has 0 radical (unpaired) electrons. The van der Waals surface area contributed by atoms with E-state index in [1.807, 2.05) is 37.3 Å². The van der Waals surface area contributed by atoms with E-state index in [0.29, 0.717) is 6.54 Å². The molecule has 0 aliphatic carbocycles. The molecule has 98 valence electrons. The van der Waals surface area contributed by atoms with Gasteiger partial charge >= 0.3 is 0 Å². The molecule has 2 atom stereocenters. The van der Waals surface area contributed by atoms with Gasteiger partial charge in [0.05, 0.1) is 12.6 Å². The lowest BCUT2D eigenvalue weighted by molar-refractivity contribution is -0.122. The molecule has 1 saturated heterocycles. The maximum Gasteiger partial charge on any atom is 0.238 e. The SMILES string of the molecule is CC(CNC(=O)C1CSCN1)Oc1ccccc1. The first kappa shape index (κ1) is 13.2. The highest BCUT2D eigenvalue weighted by Crippen LogP contribution is 2.11. The maximum atomic E-state index is 11.8. The van der Waals surface area contributed by atoms with Crippen LogP contribution in [0, 0.1) is 0 Å². The summed E-state index contributed by atoms with van der Waals surface area (Å²) in [5.74, 6) is 2.59. The lowest BCUT2D eigenvalue weighted by Gasteiger charge is -2.17. The van der Waals surface area contributed by atoms with Gasteiger partial charge in [0.25, 0.3) is 0 Å². The second kappa shape index (κ2) is 6.66. The van der Waals surface area contributed by atoms with Gasteiger partial charge in [-0.3, -0.25) is 10.1 Å². The Hall–Kier alpha value is -1.20. The predicted molar refractivity (Wildman–Crippen MR) is 73.8 cm³/mol. The van der Waals surface area contributed by atoms with Gasteiger partial charge < -0.3 is 10.1 Å². The minimum atomic E-state index is -0.0566. The van der Waals surface area contributed by atoms with Crippen molar-refractivity contribution < 1.29 is 9.53 Å². The largest absolute Gasteiger partial charge is 0.489 e. The number of ether oxygens (including phenoxy) is 1. The normalized spacial score (nSPS) is 20.4. The van der Waals surface area contributed by atoms with Crippen molar-refractivity contribution in [2.45, 2.75) is 19.1 Å². The average Bonchev–Trinajstić information content (AvgIpc) is 2.91. The lowest BCUT2D eigenvalue weighted by atomic mass is 10.3. The summed E-state index contributed by atoms with van der Waals surface area (Å²) in [4.78, 5) is 11.8. The molecule has 4 nitrogen and oxygen atoms in total. The van der Waals surface area contributed by atoms with E-state index in [-0.39, 0.29) is 18.1 Å². The fourth-order valence-corrected chi connectivity index (χ4v) is 2.65. The van der Waals surface area contributed by atoms with Gasteiger partial charge in [-0.2, -0.15) is 0 Å². The highest BCUT2D eigenvalue weighted by atomic mass is 32.2. The van der Waals surface area contributed by atoms with Gasteiger partial charge in [0.1, 0.15) is 11.9 Å². The molecule has 2 rings (SSSR count). The van der Waals surface area contributed by atoms with Crippen LogP contribution >= 0.6 is 11.8 Å². The van der Waals surface area contributed by atoms with Crippen molar-refractivity contribution in [3.05, 3.63) is 30.3 Å². The van der Waals surface area contributed by atoms with Crippen LogP contribution in [0.1, 0.15) is 6.92 Å². The van der Waals surface area contributed by atoms with Gasteiger partial charge in [-0.1, -0.05) is 18.2 Å². The molecule has 1 amide bonds. The summed E-state index contributed by atoms with van der Waals surface area (Å²) in [6, 6.07) is 9.57. The summed E-state index contributed by atoms with van der Waals surface area (Å²) in [6.07, 6.45) is -0.0367. The first-order valence-electron chi connectivity index (χ1n) is 6.06. The average molecular weight is 266 g/mol. The molecular formula is C13H18N2O2S. The minimum Gasteiger partial charge on any atom is -0.489 e. The van der Waals surface area contributed by atoms with Crippen LogP contribution in [-0.4, -0.2) is 36.2 Å². The molecule has 5 heteroatoms. The van der Waals surface area contributed by atoms with E-state index >= 15 is 0 Å². The Morgan fingerprint density at radius 2 is 2.33 bits per heavy atom. The third kappa shape index (κ3) is 3.92. The molecule has 0 aromatic heterocycles. The van der Waals surface area contributed by atoms with E-state index in [4.69, 9.17) is 4.74 Å². The van der Waals surface area contributed by atoms with Crippen LogP contribution in [-0.2, 0) is 4.79 Å². The molecule has 1 aliphatic heterocycles. The zero-order valence-corrected chi connectivity index (χ0v) is 11.2. The monoisotopic (exact) mass is 266 g/mol. The Kier molecular flexibility index (Phi) is 4.90. The summed E-state index contributed by atoms with van der Waals surface area (Å²) in [6.45, 7) is 2.47. The summed E-state index contributed by atoms with van der Waals surface area (Å²) in [7, 11) is 0. The van der Waals surface area contributed by atoms with Gasteiger partial charge in [-0.25, -0.2) is 0 Å². The minimum absolute atomic E-state index is 0.0367. The Morgan fingerprint density at radius 1 is 1.56 bits per heavy atom. The smallest absolute Gasteiger partial charge is 0.238 e. The van der Waals surface area contributed by atoms with Crippen molar-refractivity contribution in [3.63, 3.8) is 0 Å². The highest BCUT2D eigenvalue weighted by molar-refractivity contribution is 7.99. The Bertz CT molecular complexity index is 380. The lowest BCUT2D eigenvalue weighted by Crippen LogP contribution is -2.44. The third-order valence-corrected chi connectivity index (χ3v) is 3.62. The first-order chi connectivity index (χ1) is 8.75. The van der Waals surface area contributed by atoms with Gasteiger partial charge in [0, 0.05) is 11.6 Å². The van der Waals surface area contributed by atoms with Crippen LogP contribution in [0.25, 0.3) is 0 Å². The van der Waals surface area contributed by atoms with Crippen molar-refractivity contribution in [2.24, 2.45) is 0 Å². The summed E-state index contributed by atoms with van der Waals surface area (Å²) in [5, 5.41) is 6.04. The molecule has 0 spiro atoms. The van der Waals surface area contributed by atoms with Gasteiger partial charge in [0.15, 0.2) is 0 Å². The maximum absolute atomic E-state index is 11.8. The molecule has 1 aromatic rings. The second-order valence-electron chi connectivity index (χ2n) is 4.26. The molecule has 1 aliphatic rings. The predicted octanol–water partition coefficient (Wildman–Crippen LogP) is 1.23. The van der Waals surface area contributed by atoms with E-state index in [2.05, 4.69) is 10.6 Å². The number of nitrogens with one attached hydrogen (secondary N) is 2. The Morgan fingerprint density at radius 3 is 3.00 bits per heavy atom. The first-order valence-corrected chi connectivity index (χ1v) is 7.21. The Balaban J connectivity index is 1.71. The molecule has 1 aromatic carbocycles. The van der Waals surface area contributed by atoms with Crippen molar-refractivity contribution in [3.8, 4) is 5.75 Å². The number of hydrogen-bond acceptors (Lipinski definition) is 4. The molecular weight excluding hydrogens is 248 g/mol. The third-order valence-electron chi connectivity index (χ3n) is 2.68. The molecule has 0 bridgehead atoms. The number of carbonyl (C=O) groups is 1. The zero-order chi connectivity index (χ0) is 12.8. The number of rotatable bonds is 5. The van der Waals surface area contributed by atoms with E-state index in [0.717, 1.165) is 17.4 Å². The van der Waals surface area contributed by atoms with E-state index < -0.39 is 0 Å². The quantitative estimate of drug-likeness (QED) is 0.842. The number of amides is 1. The summed E-state index contributed by atoms with van der Waals surface area (Å²) >= 11 is 1.74. The molecule has 1 fully saturated rings. The standard InChI is InChI=1S/C13H18N2O2S/c1-10(17-11-5-3-2-4-6-11)7-14-13(16)12-8-18-9-15-12/h2-6,10,12,15H,7-9H2,1H3,(H,14,16). The molecule has 1 heterocycles. The number of para-hydroxylation sites is 1. The van der Waals surface area contributed by atoms with Crippen LogP contribution in [0.2, 0.25) is 0 Å². The fraction of sp³-hybridized carbons (Fsp3) is 0.462.